The fourth-order valence-electron chi connectivity index (χ4n) is 2.59. The predicted octanol–water partition coefficient (Wildman–Crippen LogP) is -0.665. The molecular weight excluding hydrogens is 246 g/mol. The van der Waals surface area contributed by atoms with E-state index in [1.54, 1.807) is 7.05 Å². The maximum atomic E-state index is 11.7. The zero-order chi connectivity index (χ0) is 14.0. The summed E-state index contributed by atoms with van der Waals surface area (Å²) < 4.78 is 2.56. The van der Waals surface area contributed by atoms with Crippen LogP contribution < -0.4 is 16.6 Å². The lowest BCUT2D eigenvalue weighted by Gasteiger charge is -2.16. The van der Waals surface area contributed by atoms with Crippen molar-refractivity contribution < 1.29 is 5.11 Å². The zero-order valence-electron chi connectivity index (χ0n) is 11.4. The van der Waals surface area contributed by atoms with Gasteiger partial charge >= 0.3 is 5.69 Å². The van der Waals surface area contributed by atoms with E-state index in [4.69, 9.17) is 0 Å². The Labute approximate surface area is 111 Å². The molecule has 0 saturated heterocycles. The van der Waals surface area contributed by atoms with Gasteiger partial charge in [0.1, 0.15) is 0 Å². The smallest absolute Gasteiger partial charge is 0.330 e. The topological polar surface area (TPSA) is 76.3 Å². The minimum absolute atomic E-state index is 0.222. The Hall–Kier alpha value is -1.40. The van der Waals surface area contributed by atoms with E-state index in [1.807, 2.05) is 0 Å². The Morgan fingerprint density at radius 3 is 2.68 bits per heavy atom. The van der Waals surface area contributed by atoms with Gasteiger partial charge in [-0.15, -0.1) is 0 Å². The molecule has 1 aromatic rings. The number of nitrogens with one attached hydrogen (secondary N) is 1. The van der Waals surface area contributed by atoms with Gasteiger partial charge in [-0.25, -0.2) is 4.79 Å². The van der Waals surface area contributed by atoms with Crippen molar-refractivity contribution in [3.63, 3.8) is 0 Å². The third kappa shape index (κ3) is 2.96. The molecule has 1 aliphatic carbocycles. The van der Waals surface area contributed by atoms with Crippen LogP contribution in [-0.4, -0.2) is 26.9 Å². The number of aliphatic hydroxyl groups excluding tert-OH is 1. The van der Waals surface area contributed by atoms with Gasteiger partial charge < -0.3 is 10.4 Å². The van der Waals surface area contributed by atoms with Crippen molar-refractivity contribution in [2.24, 2.45) is 20.0 Å². The van der Waals surface area contributed by atoms with Gasteiger partial charge in [-0.1, -0.05) is 6.42 Å². The quantitative estimate of drug-likeness (QED) is 0.759. The Kier molecular flexibility index (Phi) is 4.21. The molecule has 2 unspecified atom stereocenters. The van der Waals surface area contributed by atoms with Gasteiger partial charge in [0.05, 0.1) is 6.10 Å². The van der Waals surface area contributed by atoms with Crippen molar-refractivity contribution in [2.75, 3.05) is 6.54 Å². The van der Waals surface area contributed by atoms with Crippen molar-refractivity contribution in [3.05, 3.63) is 32.6 Å². The summed E-state index contributed by atoms with van der Waals surface area (Å²) in [5.74, 6) is 0.281. The maximum absolute atomic E-state index is 11.7. The van der Waals surface area contributed by atoms with Gasteiger partial charge in [-0.3, -0.25) is 13.9 Å². The van der Waals surface area contributed by atoms with Crippen molar-refractivity contribution >= 4 is 0 Å². The third-order valence-electron chi connectivity index (χ3n) is 3.96. The standard InChI is InChI=1S/C13H21N3O3/c1-15-10(6-12(18)16(2)13(15)19)8-14-7-9-4-3-5-11(9)17/h6,9,11,14,17H,3-5,7-8H2,1-2H3. The number of nitrogens with zero attached hydrogens (tertiary/aromatic N) is 2. The van der Waals surface area contributed by atoms with E-state index in [9.17, 15) is 14.7 Å². The van der Waals surface area contributed by atoms with E-state index < -0.39 is 0 Å². The van der Waals surface area contributed by atoms with Crippen molar-refractivity contribution in [2.45, 2.75) is 31.9 Å². The normalized spacial score (nSPS) is 22.9. The summed E-state index contributed by atoms with van der Waals surface area (Å²) in [6.07, 6.45) is 2.75. The SMILES string of the molecule is Cn1c(CNCC2CCCC2O)cc(=O)n(C)c1=O. The van der Waals surface area contributed by atoms with Crippen LogP contribution in [0.1, 0.15) is 25.0 Å². The van der Waals surface area contributed by atoms with Gasteiger partial charge in [-0.2, -0.15) is 0 Å². The van der Waals surface area contributed by atoms with Crippen LogP contribution in [0.15, 0.2) is 15.7 Å². The van der Waals surface area contributed by atoms with Crippen LogP contribution >= 0.6 is 0 Å². The van der Waals surface area contributed by atoms with Gasteiger partial charge in [0.2, 0.25) is 0 Å². The summed E-state index contributed by atoms with van der Waals surface area (Å²) in [5, 5.41) is 12.9. The second-order valence-electron chi connectivity index (χ2n) is 5.26. The molecule has 19 heavy (non-hydrogen) atoms. The van der Waals surface area contributed by atoms with Crippen LogP contribution in [0.4, 0.5) is 0 Å². The highest BCUT2D eigenvalue weighted by atomic mass is 16.3. The van der Waals surface area contributed by atoms with Crippen LogP contribution in [0.3, 0.4) is 0 Å². The van der Waals surface area contributed by atoms with Gasteiger partial charge in [0, 0.05) is 38.9 Å². The largest absolute Gasteiger partial charge is 0.393 e. The highest BCUT2D eigenvalue weighted by molar-refractivity contribution is 5.01. The first-order valence-corrected chi connectivity index (χ1v) is 6.65. The molecule has 6 nitrogen and oxygen atoms in total. The van der Waals surface area contributed by atoms with Crippen LogP contribution in [0.2, 0.25) is 0 Å². The van der Waals surface area contributed by atoms with Crippen LogP contribution in [0.5, 0.6) is 0 Å². The number of rotatable bonds is 4. The summed E-state index contributed by atoms with van der Waals surface area (Å²) in [7, 11) is 3.12. The lowest BCUT2D eigenvalue weighted by Crippen LogP contribution is -2.39. The average molecular weight is 267 g/mol. The van der Waals surface area contributed by atoms with Gasteiger partial charge in [0.25, 0.3) is 5.56 Å². The lowest BCUT2D eigenvalue weighted by atomic mass is 10.1. The minimum Gasteiger partial charge on any atom is -0.393 e. The third-order valence-corrected chi connectivity index (χ3v) is 3.96. The molecule has 0 aliphatic heterocycles. The number of hydrogen-bond acceptors (Lipinski definition) is 4. The zero-order valence-corrected chi connectivity index (χ0v) is 11.4. The maximum Gasteiger partial charge on any atom is 0.330 e. The second kappa shape index (κ2) is 5.71. The Bertz CT molecular complexity index is 561. The molecule has 2 N–H and O–H groups in total. The van der Waals surface area contributed by atoms with Crippen LogP contribution in [0.25, 0.3) is 0 Å². The lowest BCUT2D eigenvalue weighted by molar-refractivity contribution is 0.131. The molecule has 1 saturated carbocycles. The Balaban J connectivity index is 2.00. The highest BCUT2D eigenvalue weighted by Gasteiger charge is 2.24. The molecule has 2 rings (SSSR count). The monoisotopic (exact) mass is 267 g/mol. The molecule has 1 fully saturated rings. The van der Waals surface area contributed by atoms with E-state index in [0.29, 0.717) is 18.8 Å². The van der Waals surface area contributed by atoms with Gasteiger partial charge in [0.15, 0.2) is 0 Å². The molecule has 0 bridgehead atoms. The predicted molar refractivity (Wildman–Crippen MR) is 72.0 cm³/mol. The summed E-state index contributed by atoms with van der Waals surface area (Å²) in [4.78, 5) is 23.3. The van der Waals surface area contributed by atoms with Crippen molar-refractivity contribution in [1.29, 1.82) is 0 Å². The molecule has 1 aliphatic rings. The van der Waals surface area contributed by atoms with Crippen molar-refractivity contribution in [3.8, 4) is 0 Å². The molecule has 1 aromatic heterocycles. The molecule has 0 spiro atoms. The van der Waals surface area contributed by atoms with E-state index in [1.165, 1.54) is 17.7 Å². The number of aromatic nitrogens is 2. The highest BCUT2D eigenvalue weighted by Crippen LogP contribution is 2.24. The average Bonchev–Trinajstić information content (AvgIpc) is 2.79. The molecule has 0 aromatic carbocycles. The molecule has 6 heteroatoms. The van der Waals surface area contributed by atoms with Crippen molar-refractivity contribution in [1.82, 2.24) is 14.5 Å². The number of hydrogen-bond donors (Lipinski definition) is 2. The van der Waals surface area contributed by atoms with E-state index in [0.717, 1.165) is 23.8 Å². The summed E-state index contributed by atoms with van der Waals surface area (Å²) in [5.41, 5.74) is 0.0617. The molecule has 106 valence electrons. The Morgan fingerprint density at radius 1 is 1.32 bits per heavy atom. The van der Waals surface area contributed by atoms with Gasteiger partial charge in [-0.05, 0) is 18.8 Å². The molecular formula is C13H21N3O3. The second-order valence-corrected chi connectivity index (χ2v) is 5.26. The minimum atomic E-state index is -0.315. The van der Waals surface area contributed by atoms with E-state index >= 15 is 0 Å². The number of aliphatic hydroxyl groups is 1. The molecule has 2 atom stereocenters. The summed E-state index contributed by atoms with van der Waals surface area (Å²) in [6, 6.07) is 1.47. The molecule has 1 heterocycles. The first kappa shape index (κ1) is 14.0. The molecule has 0 radical (unpaired) electrons. The van der Waals surface area contributed by atoms with Crippen LogP contribution in [-0.2, 0) is 20.6 Å². The summed E-state index contributed by atoms with van der Waals surface area (Å²) in [6.45, 7) is 1.18. The summed E-state index contributed by atoms with van der Waals surface area (Å²) >= 11 is 0. The Morgan fingerprint density at radius 2 is 2.05 bits per heavy atom. The fraction of sp³-hybridized carbons (Fsp3) is 0.692. The van der Waals surface area contributed by atoms with E-state index in [2.05, 4.69) is 5.32 Å². The molecule has 0 amide bonds. The van der Waals surface area contributed by atoms with E-state index in [-0.39, 0.29) is 23.3 Å². The van der Waals surface area contributed by atoms with Crippen LogP contribution in [0, 0.1) is 5.92 Å². The fourth-order valence-corrected chi connectivity index (χ4v) is 2.59. The first-order valence-electron chi connectivity index (χ1n) is 6.65. The first-order chi connectivity index (χ1) is 9.00.